The number of benzene rings is 13. The van der Waals surface area contributed by atoms with Gasteiger partial charge in [0.05, 0.1) is 11.0 Å². The van der Waals surface area contributed by atoms with E-state index in [0.29, 0.717) is 0 Å². The van der Waals surface area contributed by atoms with Crippen molar-refractivity contribution >= 4 is 101 Å². The van der Waals surface area contributed by atoms with Crippen molar-refractivity contribution in [2.24, 2.45) is 0 Å². The lowest BCUT2D eigenvalue weighted by molar-refractivity contribution is 0.590. The summed E-state index contributed by atoms with van der Waals surface area (Å²) in [4.78, 5) is 5.21. The molecule has 13 aromatic carbocycles. The third-order valence-electron chi connectivity index (χ3n) is 19.4. The van der Waals surface area contributed by atoms with Gasteiger partial charge in [-0.2, -0.15) is 0 Å². The molecule has 0 atom stereocenters. The summed E-state index contributed by atoms with van der Waals surface area (Å²) in [7, 11) is 0. The van der Waals surface area contributed by atoms with Crippen LogP contribution in [0.2, 0.25) is 0 Å². The van der Waals surface area contributed by atoms with Gasteiger partial charge in [0.25, 0.3) is 6.71 Å². The molecule has 0 aliphatic carbocycles. The molecule has 0 spiro atoms. The standard InChI is InChI=1S/C86H72BN3/c1-84(2,3)61-38-47-75-71(50-61)72-51-62(85(4,5)6)39-48-76(72)90(75)66-44-46-74-78(54-66)89(65-42-35-58(36-43-65)56-25-15-11-16-26-56)80-53-63(86(7,8)9)52-79-83(80)87(74)73-45-37-60(49-77(73)88(79)64-40-33-57(34-41-64)55-23-13-10-14-24-55)82-69-31-21-19-29-67(69)81(59-27-17-12-18-28-59)68-30-20-22-32-70(68)82/h10-54H,1-9H3. The van der Waals surface area contributed by atoms with Crippen LogP contribution in [-0.2, 0) is 16.2 Å². The third kappa shape index (κ3) is 9.01. The summed E-state index contributed by atoms with van der Waals surface area (Å²) in [5.74, 6) is 0. The maximum Gasteiger partial charge on any atom is 0.252 e. The Balaban J connectivity index is 0.988. The fourth-order valence-corrected chi connectivity index (χ4v) is 14.7. The maximum atomic E-state index is 2.60. The second kappa shape index (κ2) is 20.7. The fraction of sp³-hybridized carbons (Fsp3) is 0.140. The molecule has 2 aliphatic rings. The molecular weight excluding hydrogens is 1090 g/mol. The molecule has 0 N–H and O–H groups in total. The molecule has 16 rings (SSSR count). The Morgan fingerprint density at radius 1 is 0.256 bits per heavy atom. The first-order valence-corrected chi connectivity index (χ1v) is 32.0. The first kappa shape index (κ1) is 55.2. The third-order valence-corrected chi connectivity index (χ3v) is 19.4. The molecule has 0 unspecified atom stereocenters. The van der Waals surface area contributed by atoms with Crippen LogP contribution < -0.4 is 26.2 Å². The average molecular weight is 1160 g/mol. The van der Waals surface area contributed by atoms with Crippen LogP contribution in [0.4, 0.5) is 34.1 Å². The van der Waals surface area contributed by atoms with Gasteiger partial charge < -0.3 is 14.4 Å². The predicted octanol–water partition coefficient (Wildman–Crippen LogP) is 21.7. The highest BCUT2D eigenvalue weighted by Gasteiger charge is 2.45. The molecule has 1 aromatic heterocycles. The van der Waals surface area contributed by atoms with E-state index in [1.165, 1.54) is 144 Å². The molecule has 14 aromatic rings. The van der Waals surface area contributed by atoms with Gasteiger partial charge >= 0.3 is 0 Å². The van der Waals surface area contributed by atoms with Gasteiger partial charge in [0.1, 0.15) is 0 Å². The highest BCUT2D eigenvalue weighted by molar-refractivity contribution is 7.00. The van der Waals surface area contributed by atoms with E-state index < -0.39 is 0 Å². The lowest BCUT2D eigenvalue weighted by Gasteiger charge is -2.45. The number of hydrogen-bond donors (Lipinski definition) is 0. The van der Waals surface area contributed by atoms with E-state index in [1.807, 2.05) is 0 Å². The Hall–Kier alpha value is -10.2. The minimum Gasteiger partial charge on any atom is -0.311 e. The summed E-state index contributed by atoms with van der Waals surface area (Å²) >= 11 is 0. The molecule has 434 valence electrons. The van der Waals surface area contributed by atoms with E-state index in [9.17, 15) is 0 Å². The normalized spacial score (nSPS) is 13.1. The van der Waals surface area contributed by atoms with Gasteiger partial charge in [0.15, 0.2) is 0 Å². The highest BCUT2D eigenvalue weighted by Crippen LogP contribution is 2.50. The summed E-state index contributed by atoms with van der Waals surface area (Å²) in [6, 6.07) is 103. The van der Waals surface area contributed by atoms with Crippen molar-refractivity contribution in [2.75, 3.05) is 9.80 Å². The van der Waals surface area contributed by atoms with Crippen LogP contribution in [-0.4, -0.2) is 11.3 Å². The number of anilines is 6. The van der Waals surface area contributed by atoms with Crippen molar-refractivity contribution in [3.8, 4) is 50.2 Å². The molecule has 0 saturated carbocycles. The minimum atomic E-state index is -0.212. The largest absolute Gasteiger partial charge is 0.311 e. The van der Waals surface area contributed by atoms with Crippen molar-refractivity contribution in [2.45, 2.75) is 78.6 Å². The lowest BCUT2D eigenvalue weighted by atomic mass is 9.33. The first-order chi connectivity index (χ1) is 43.5. The molecule has 0 bridgehead atoms. The van der Waals surface area contributed by atoms with Crippen LogP contribution >= 0.6 is 0 Å². The molecule has 4 heteroatoms. The monoisotopic (exact) mass is 1160 g/mol. The summed E-state index contributed by atoms with van der Waals surface area (Å²) < 4.78 is 2.53. The molecule has 2 aliphatic heterocycles. The van der Waals surface area contributed by atoms with Gasteiger partial charge in [0.2, 0.25) is 0 Å². The van der Waals surface area contributed by atoms with Gasteiger partial charge in [-0.25, -0.2) is 0 Å². The van der Waals surface area contributed by atoms with Crippen molar-refractivity contribution in [3.63, 3.8) is 0 Å². The Morgan fingerprint density at radius 3 is 1.04 bits per heavy atom. The van der Waals surface area contributed by atoms with Gasteiger partial charge in [-0.05, 0) is 194 Å². The number of fused-ring (bicyclic) bond motifs is 9. The van der Waals surface area contributed by atoms with Gasteiger partial charge in [-0.15, -0.1) is 0 Å². The molecule has 0 saturated heterocycles. The van der Waals surface area contributed by atoms with E-state index in [0.717, 1.165) is 17.1 Å². The van der Waals surface area contributed by atoms with Crippen LogP contribution in [0, 0.1) is 0 Å². The minimum absolute atomic E-state index is 0.0163. The van der Waals surface area contributed by atoms with Gasteiger partial charge in [-0.3, -0.25) is 0 Å². The molecule has 3 nitrogen and oxygen atoms in total. The maximum absolute atomic E-state index is 2.60. The number of hydrogen-bond acceptors (Lipinski definition) is 2. The van der Waals surface area contributed by atoms with Gasteiger partial charge in [0, 0.05) is 50.6 Å². The number of nitrogens with zero attached hydrogens (tertiary/aromatic N) is 3. The van der Waals surface area contributed by atoms with E-state index in [1.54, 1.807) is 0 Å². The topological polar surface area (TPSA) is 11.4 Å². The van der Waals surface area contributed by atoms with Crippen LogP contribution in [0.15, 0.2) is 273 Å². The summed E-state index contributed by atoms with van der Waals surface area (Å²) in [6.07, 6.45) is 0. The van der Waals surface area contributed by atoms with E-state index >= 15 is 0 Å². The SMILES string of the molecule is CC(C)(C)c1cc2c3c(c1)N(c1ccc(-c4ccccc4)cc1)c1cc(-n4c5ccc(C(C)(C)C)cc5c5cc(C(C)(C)C)ccc54)ccc1B3c1ccc(-c3c4ccccc4c(-c4ccccc4)c4ccccc34)cc1N2c1ccc(-c2ccccc2)cc1. The van der Waals surface area contributed by atoms with E-state index in [-0.39, 0.29) is 23.0 Å². The van der Waals surface area contributed by atoms with Gasteiger partial charge in [-0.1, -0.05) is 256 Å². The van der Waals surface area contributed by atoms with Crippen LogP contribution in [0.5, 0.6) is 0 Å². The first-order valence-electron chi connectivity index (χ1n) is 32.0. The summed E-state index contributed by atoms with van der Waals surface area (Å²) in [6.45, 7) is 20.9. The Kier molecular flexibility index (Phi) is 12.7. The molecule has 3 heterocycles. The highest BCUT2D eigenvalue weighted by atomic mass is 15.2. The van der Waals surface area contributed by atoms with Crippen molar-refractivity contribution < 1.29 is 0 Å². The second-order valence-corrected chi connectivity index (χ2v) is 28.1. The Morgan fingerprint density at radius 2 is 0.611 bits per heavy atom. The van der Waals surface area contributed by atoms with Crippen molar-refractivity contribution in [1.29, 1.82) is 0 Å². The average Bonchev–Trinajstić information content (AvgIpc) is 0.847. The Labute approximate surface area is 530 Å². The van der Waals surface area contributed by atoms with Crippen molar-refractivity contribution in [3.05, 3.63) is 290 Å². The molecule has 0 radical (unpaired) electrons. The Bertz CT molecular complexity index is 5030. The van der Waals surface area contributed by atoms with Crippen LogP contribution in [0.3, 0.4) is 0 Å². The zero-order chi connectivity index (χ0) is 61.4. The summed E-state index contributed by atoms with van der Waals surface area (Å²) in [5.41, 5.74) is 27.7. The quantitative estimate of drug-likeness (QED) is 0.116. The molecule has 0 amide bonds. The van der Waals surface area contributed by atoms with E-state index in [4.69, 9.17) is 0 Å². The van der Waals surface area contributed by atoms with Crippen LogP contribution in [0.1, 0.15) is 79.0 Å². The fourth-order valence-electron chi connectivity index (χ4n) is 14.7. The second-order valence-electron chi connectivity index (χ2n) is 28.1. The smallest absolute Gasteiger partial charge is 0.252 e. The van der Waals surface area contributed by atoms with Crippen LogP contribution in [0.25, 0.3) is 93.5 Å². The predicted molar refractivity (Wildman–Crippen MR) is 388 cm³/mol. The molecular formula is C86H72BN3. The van der Waals surface area contributed by atoms with E-state index in [2.05, 4.69) is 350 Å². The molecule has 90 heavy (non-hydrogen) atoms. The number of rotatable bonds is 7. The lowest BCUT2D eigenvalue weighted by Crippen LogP contribution is -2.61. The zero-order valence-corrected chi connectivity index (χ0v) is 52.9. The van der Waals surface area contributed by atoms with Crippen molar-refractivity contribution in [1.82, 2.24) is 4.57 Å². The summed E-state index contributed by atoms with van der Waals surface area (Å²) in [5, 5.41) is 7.53. The molecule has 0 fully saturated rings. The zero-order valence-electron chi connectivity index (χ0n) is 52.9. The number of aromatic nitrogens is 1.